The molecule has 0 spiro atoms. The van der Waals surface area contributed by atoms with Crippen molar-refractivity contribution in [2.75, 3.05) is 38.5 Å². The molecule has 0 bridgehead atoms. The van der Waals surface area contributed by atoms with Gasteiger partial charge in [-0.05, 0) is 37.7 Å². The van der Waals surface area contributed by atoms with Crippen LogP contribution in [0.2, 0.25) is 0 Å². The number of furan rings is 1. The molecule has 1 fully saturated rings. The van der Waals surface area contributed by atoms with Crippen LogP contribution >= 0.6 is 11.3 Å². The number of hydrogen-bond acceptors (Lipinski definition) is 5. The number of aryl methyl sites for hydroxylation is 1. The summed E-state index contributed by atoms with van der Waals surface area (Å²) in [7, 11) is 2.06. The second-order valence-electron chi connectivity index (χ2n) is 5.65. The minimum absolute atomic E-state index is 0.0408. The first-order valence-corrected chi connectivity index (χ1v) is 8.29. The summed E-state index contributed by atoms with van der Waals surface area (Å²) in [5, 5.41) is 3.43. The molecule has 3 rings (SSSR count). The molecule has 23 heavy (non-hydrogen) atoms. The Labute approximate surface area is 138 Å². The maximum Gasteiger partial charge on any atom is 0.291 e. The molecule has 7 heteroatoms. The number of piperazine rings is 1. The van der Waals surface area contributed by atoms with Gasteiger partial charge < -0.3 is 19.5 Å². The molecule has 0 saturated carbocycles. The highest BCUT2D eigenvalue weighted by Crippen LogP contribution is 2.28. The normalized spacial score (nSPS) is 15.7. The fraction of sp³-hybridized carbons (Fsp3) is 0.375. The average molecular weight is 333 g/mol. The number of nitrogens with zero attached hydrogens (tertiary/aromatic N) is 2. The molecule has 3 heterocycles. The number of nitrogens with one attached hydrogen (secondary N) is 1. The number of likely N-dealkylation sites (N-methyl/N-ethyl adjacent to an activating group) is 1. The van der Waals surface area contributed by atoms with Gasteiger partial charge in [-0.2, -0.15) is 0 Å². The smallest absolute Gasteiger partial charge is 0.291 e. The van der Waals surface area contributed by atoms with E-state index in [1.165, 1.54) is 17.6 Å². The van der Waals surface area contributed by atoms with Crippen molar-refractivity contribution in [3.05, 3.63) is 40.7 Å². The lowest BCUT2D eigenvalue weighted by Gasteiger charge is -2.32. The molecule has 2 aromatic heterocycles. The monoisotopic (exact) mass is 333 g/mol. The molecule has 1 aliphatic heterocycles. The van der Waals surface area contributed by atoms with Gasteiger partial charge in [-0.25, -0.2) is 0 Å². The number of thiophene rings is 1. The number of anilines is 1. The van der Waals surface area contributed by atoms with E-state index in [0.717, 1.165) is 31.7 Å². The summed E-state index contributed by atoms with van der Waals surface area (Å²) in [6.45, 7) is 5.14. The predicted molar refractivity (Wildman–Crippen MR) is 89.1 cm³/mol. The Morgan fingerprint density at radius 2 is 2.00 bits per heavy atom. The lowest BCUT2D eigenvalue weighted by atomic mass is 10.2. The second kappa shape index (κ2) is 6.55. The Hall–Kier alpha value is -2.12. The van der Waals surface area contributed by atoms with Crippen molar-refractivity contribution in [2.45, 2.75) is 6.92 Å². The van der Waals surface area contributed by atoms with Crippen LogP contribution in [0.3, 0.4) is 0 Å². The quantitative estimate of drug-likeness (QED) is 0.936. The molecule has 122 valence electrons. The van der Waals surface area contributed by atoms with E-state index in [1.54, 1.807) is 12.1 Å². The number of hydrogen-bond donors (Lipinski definition) is 1. The van der Waals surface area contributed by atoms with Gasteiger partial charge in [-0.1, -0.05) is 0 Å². The zero-order valence-electron chi connectivity index (χ0n) is 13.2. The van der Waals surface area contributed by atoms with E-state index >= 15 is 0 Å². The topological polar surface area (TPSA) is 65.8 Å². The number of rotatable bonds is 3. The highest BCUT2D eigenvalue weighted by Gasteiger charge is 2.24. The Balaban J connectivity index is 1.70. The second-order valence-corrected chi connectivity index (χ2v) is 6.70. The molecule has 0 atom stereocenters. The SMILES string of the molecule is Cc1cc(NC(=O)c2ccco2)sc1C(=O)N1CCN(C)CC1. The van der Waals surface area contributed by atoms with Crippen LogP contribution in [-0.2, 0) is 0 Å². The molecule has 6 nitrogen and oxygen atoms in total. The van der Waals surface area contributed by atoms with Gasteiger partial charge in [0.15, 0.2) is 5.76 Å². The van der Waals surface area contributed by atoms with Crippen LogP contribution < -0.4 is 5.32 Å². The number of carbonyl (C=O) groups excluding carboxylic acids is 2. The Kier molecular flexibility index (Phi) is 4.49. The molecule has 0 radical (unpaired) electrons. The highest BCUT2D eigenvalue weighted by molar-refractivity contribution is 7.18. The summed E-state index contributed by atoms with van der Waals surface area (Å²) < 4.78 is 5.07. The molecule has 0 aromatic carbocycles. The first-order valence-electron chi connectivity index (χ1n) is 7.47. The van der Waals surface area contributed by atoms with Crippen LogP contribution in [0.4, 0.5) is 5.00 Å². The first kappa shape index (κ1) is 15.8. The van der Waals surface area contributed by atoms with Crippen LogP contribution in [0.15, 0.2) is 28.9 Å². The van der Waals surface area contributed by atoms with E-state index in [1.807, 2.05) is 17.9 Å². The fourth-order valence-electron chi connectivity index (χ4n) is 2.49. The van der Waals surface area contributed by atoms with Crippen LogP contribution in [-0.4, -0.2) is 54.8 Å². The lowest BCUT2D eigenvalue weighted by Crippen LogP contribution is -2.47. The molecule has 0 unspecified atom stereocenters. The van der Waals surface area contributed by atoms with E-state index in [4.69, 9.17) is 4.42 Å². The van der Waals surface area contributed by atoms with Gasteiger partial charge in [0.05, 0.1) is 16.1 Å². The predicted octanol–water partition coefficient (Wildman–Crippen LogP) is 2.29. The minimum Gasteiger partial charge on any atom is -0.459 e. The van der Waals surface area contributed by atoms with Gasteiger partial charge in [-0.3, -0.25) is 9.59 Å². The molecule has 0 aliphatic carbocycles. The van der Waals surface area contributed by atoms with Crippen LogP contribution in [0.5, 0.6) is 0 Å². The van der Waals surface area contributed by atoms with Crippen LogP contribution in [0.1, 0.15) is 25.8 Å². The first-order chi connectivity index (χ1) is 11.0. The summed E-state index contributed by atoms with van der Waals surface area (Å²) >= 11 is 1.31. The van der Waals surface area contributed by atoms with Crippen molar-refractivity contribution in [2.24, 2.45) is 0 Å². The van der Waals surface area contributed by atoms with Gasteiger partial charge in [0, 0.05) is 26.2 Å². The Bertz CT molecular complexity index is 700. The molecule has 1 saturated heterocycles. The highest BCUT2D eigenvalue weighted by atomic mass is 32.1. The van der Waals surface area contributed by atoms with E-state index in [2.05, 4.69) is 17.3 Å². The van der Waals surface area contributed by atoms with Crippen molar-refractivity contribution < 1.29 is 14.0 Å². The van der Waals surface area contributed by atoms with E-state index in [9.17, 15) is 9.59 Å². The van der Waals surface area contributed by atoms with Crippen molar-refractivity contribution in [3.63, 3.8) is 0 Å². The van der Waals surface area contributed by atoms with Crippen molar-refractivity contribution in [1.29, 1.82) is 0 Å². The summed E-state index contributed by atoms with van der Waals surface area (Å²) in [6, 6.07) is 5.10. The Morgan fingerprint density at radius 3 is 2.65 bits per heavy atom. The molecule has 1 N–H and O–H groups in total. The zero-order valence-corrected chi connectivity index (χ0v) is 14.0. The van der Waals surface area contributed by atoms with Gasteiger partial charge in [0.25, 0.3) is 11.8 Å². The molecule has 2 amide bonds. The van der Waals surface area contributed by atoms with Gasteiger partial charge in [0.2, 0.25) is 0 Å². The third kappa shape index (κ3) is 3.46. The van der Waals surface area contributed by atoms with E-state index < -0.39 is 0 Å². The third-order valence-corrected chi connectivity index (χ3v) is 5.02. The van der Waals surface area contributed by atoms with E-state index in [0.29, 0.717) is 9.88 Å². The van der Waals surface area contributed by atoms with Crippen molar-refractivity contribution in [1.82, 2.24) is 9.80 Å². The Morgan fingerprint density at radius 1 is 1.26 bits per heavy atom. The summed E-state index contributed by atoms with van der Waals surface area (Å²) in [5.41, 5.74) is 0.883. The minimum atomic E-state index is -0.310. The molecule has 2 aromatic rings. The van der Waals surface area contributed by atoms with Gasteiger partial charge in [-0.15, -0.1) is 11.3 Å². The number of amides is 2. The molecular weight excluding hydrogens is 314 g/mol. The van der Waals surface area contributed by atoms with Gasteiger partial charge >= 0.3 is 0 Å². The molecular formula is C16H19N3O3S. The maximum absolute atomic E-state index is 12.6. The summed E-state index contributed by atoms with van der Waals surface area (Å²) in [4.78, 5) is 29.4. The number of carbonyl (C=O) groups is 2. The lowest BCUT2D eigenvalue weighted by molar-refractivity contribution is 0.0668. The average Bonchev–Trinajstić information content (AvgIpc) is 3.17. The fourth-order valence-corrected chi connectivity index (χ4v) is 3.53. The maximum atomic E-state index is 12.6. The standard InChI is InChI=1S/C16H19N3O3S/c1-11-10-13(17-15(20)12-4-3-9-22-12)23-14(11)16(21)19-7-5-18(2)6-8-19/h3-4,9-10H,5-8H2,1-2H3,(H,17,20). The van der Waals surface area contributed by atoms with E-state index in [-0.39, 0.29) is 17.6 Å². The third-order valence-electron chi connectivity index (χ3n) is 3.88. The largest absolute Gasteiger partial charge is 0.459 e. The summed E-state index contributed by atoms with van der Waals surface area (Å²) in [5.74, 6) is -0.0167. The van der Waals surface area contributed by atoms with Gasteiger partial charge in [0.1, 0.15) is 0 Å². The molecule has 1 aliphatic rings. The van der Waals surface area contributed by atoms with Crippen LogP contribution in [0, 0.1) is 6.92 Å². The van der Waals surface area contributed by atoms with Crippen LogP contribution in [0.25, 0.3) is 0 Å². The van der Waals surface area contributed by atoms with Crippen molar-refractivity contribution >= 4 is 28.2 Å². The van der Waals surface area contributed by atoms with Crippen molar-refractivity contribution in [3.8, 4) is 0 Å². The zero-order chi connectivity index (χ0) is 16.4. The summed E-state index contributed by atoms with van der Waals surface area (Å²) in [6.07, 6.45) is 1.46.